The lowest BCUT2D eigenvalue weighted by molar-refractivity contribution is -0.173. The quantitative estimate of drug-likeness (QED) is 0.433. The van der Waals surface area contributed by atoms with Crippen molar-refractivity contribution < 1.29 is 45.3 Å². The van der Waals surface area contributed by atoms with Gasteiger partial charge in [0.05, 0.1) is 26.4 Å². The van der Waals surface area contributed by atoms with Crippen LogP contribution in [0.3, 0.4) is 0 Å². The number of carbonyl (C=O) groups excluding carboxylic acids is 1. The summed E-state index contributed by atoms with van der Waals surface area (Å²) in [4.78, 5) is 10.5. The van der Waals surface area contributed by atoms with Crippen molar-refractivity contribution in [3.8, 4) is 5.75 Å². The van der Waals surface area contributed by atoms with Crippen LogP contribution in [0.4, 0.5) is 26.3 Å². The minimum atomic E-state index is -4.93. The number of benzene rings is 1. The molecule has 162 valence electrons. The van der Waals surface area contributed by atoms with Crippen LogP contribution in [0, 0.1) is 0 Å². The predicted octanol–water partition coefficient (Wildman–Crippen LogP) is 2.96. The summed E-state index contributed by atoms with van der Waals surface area (Å²) in [5.41, 5.74) is -2.66. The summed E-state index contributed by atoms with van der Waals surface area (Å²) in [6.45, 7) is -0.0582. The molecule has 0 spiro atoms. The zero-order valence-corrected chi connectivity index (χ0v) is 14.8. The SMILES string of the molecule is O=C(NCCOCCOCCOc1cccc(C2(C(F)(F)F)N=N2)c1)C(F)(F)F. The van der Waals surface area contributed by atoms with E-state index >= 15 is 0 Å². The lowest BCUT2D eigenvalue weighted by atomic mass is 10.0. The molecule has 0 radical (unpaired) electrons. The molecule has 1 aliphatic heterocycles. The third-order valence-corrected chi connectivity index (χ3v) is 3.59. The van der Waals surface area contributed by atoms with Gasteiger partial charge < -0.3 is 19.5 Å². The molecule has 1 aliphatic rings. The van der Waals surface area contributed by atoms with E-state index in [0.29, 0.717) is 0 Å². The topological polar surface area (TPSA) is 81.5 Å². The molecule has 1 N–H and O–H groups in total. The van der Waals surface area contributed by atoms with Gasteiger partial charge in [-0.15, -0.1) is 10.2 Å². The summed E-state index contributed by atoms with van der Waals surface area (Å²) < 4.78 is 90.1. The maximum absolute atomic E-state index is 13.0. The van der Waals surface area contributed by atoms with Gasteiger partial charge in [0.25, 0.3) is 0 Å². The summed E-state index contributed by atoms with van der Waals surface area (Å²) in [6.07, 6.45) is -9.55. The first-order valence-corrected chi connectivity index (χ1v) is 8.31. The lowest BCUT2D eigenvalue weighted by Crippen LogP contribution is -2.38. The Morgan fingerprint density at radius 3 is 2.17 bits per heavy atom. The molecule has 1 aromatic carbocycles. The Labute approximate surface area is 161 Å². The molecular weight excluding hydrogens is 412 g/mol. The van der Waals surface area contributed by atoms with Gasteiger partial charge in [0.2, 0.25) is 0 Å². The van der Waals surface area contributed by atoms with E-state index in [4.69, 9.17) is 14.2 Å². The summed E-state index contributed by atoms with van der Waals surface area (Å²) in [5.74, 6) is -1.84. The van der Waals surface area contributed by atoms with Gasteiger partial charge in [-0.3, -0.25) is 4.79 Å². The summed E-state index contributed by atoms with van der Waals surface area (Å²) in [5, 5.41) is 7.88. The smallest absolute Gasteiger partial charge is 0.471 e. The monoisotopic (exact) mass is 429 g/mol. The molecule has 0 fully saturated rings. The third kappa shape index (κ3) is 6.56. The van der Waals surface area contributed by atoms with Crippen LogP contribution in [0.1, 0.15) is 5.56 Å². The van der Waals surface area contributed by atoms with E-state index < -0.39 is 23.9 Å². The van der Waals surface area contributed by atoms with E-state index in [2.05, 4.69) is 10.2 Å². The molecular formula is C16H17F6N3O4. The first kappa shape index (κ1) is 22.9. The maximum atomic E-state index is 13.0. The van der Waals surface area contributed by atoms with Gasteiger partial charge in [0, 0.05) is 12.1 Å². The Morgan fingerprint density at radius 2 is 1.59 bits per heavy atom. The van der Waals surface area contributed by atoms with Crippen molar-refractivity contribution in [2.75, 3.05) is 39.6 Å². The fraction of sp³-hybridized carbons (Fsp3) is 0.562. The number of nitrogens with zero attached hydrogens (tertiary/aromatic N) is 2. The second-order valence-electron chi connectivity index (χ2n) is 5.72. The van der Waals surface area contributed by atoms with E-state index in [9.17, 15) is 31.1 Å². The molecule has 1 heterocycles. The van der Waals surface area contributed by atoms with Crippen molar-refractivity contribution in [1.29, 1.82) is 0 Å². The molecule has 0 bridgehead atoms. The fourth-order valence-corrected chi connectivity index (χ4v) is 2.12. The average Bonchev–Trinajstić information content (AvgIpc) is 3.44. The number of carbonyl (C=O) groups is 1. The largest absolute Gasteiger partial charge is 0.491 e. The van der Waals surface area contributed by atoms with Crippen molar-refractivity contribution in [3.05, 3.63) is 29.8 Å². The molecule has 7 nitrogen and oxygen atoms in total. The highest BCUT2D eigenvalue weighted by Gasteiger charge is 2.65. The van der Waals surface area contributed by atoms with Crippen LogP contribution in [0.2, 0.25) is 0 Å². The second kappa shape index (κ2) is 9.39. The molecule has 1 amide bonds. The Hall–Kier alpha value is -2.41. The number of hydrogen-bond donors (Lipinski definition) is 1. The van der Waals surface area contributed by atoms with E-state index in [0.717, 1.165) is 0 Å². The van der Waals surface area contributed by atoms with Crippen LogP contribution >= 0.6 is 0 Å². The van der Waals surface area contributed by atoms with E-state index in [-0.39, 0.29) is 50.9 Å². The highest BCUT2D eigenvalue weighted by Crippen LogP contribution is 2.52. The Bertz CT molecular complexity index is 717. The van der Waals surface area contributed by atoms with Crippen LogP contribution in [0.5, 0.6) is 5.75 Å². The predicted molar refractivity (Wildman–Crippen MR) is 85.2 cm³/mol. The number of hydrogen-bond acceptors (Lipinski definition) is 6. The number of nitrogens with one attached hydrogen (secondary N) is 1. The Balaban J connectivity index is 1.56. The summed E-state index contributed by atoms with van der Waals surface area (Å²) in [7, 11) is 0. The Kier molecular flexibility index (Phi) is 7.41. The molecule has 0 aliphatic carbocycles. The molecule has 2 rings (SSSR count). The highest BCUT2D eigenvalue weighted by atomic mass is 19.4. The van der Waals surface area contributed by atoms with Gasteiger partial charge in [-0.05, 0) is 12.1 Å². The van der Waals surface area contributed by atoms with Crippen molar-refractivity contribution in [2.45, 2.75) is 18.0 Å². The summed E-state index contributed by atoms with van der Waals surface area (Å²) in [6, 6.07) is 5.33. The number of halogens is 6. The minimum Gasteiger partial charge on any atom is -0.491 e. The fourth-order valence-electron chi connectivity index (χ4n) is 2.12. The van der Waals surface area contributed by atoms with Crippen molar-refractivity contribution >= 4 is 5.91 Å². The second-order valence-corrected chi connectivity index (χ2v) is 5.72. The third-order valence-electron chi connectivity index (χ3n) is 3.59. The van der Waals surface area contributed by atoms with Gasteiger partial charge in [0.15, 0.2) is 0 Å². The van der Waals surface area contributed by atoms with Crippen LogP contribution in [-0.2, 0) is 19.9 Å². The maximum Gasteiger partial charge on any atom is 0.471 e. The molecule has 1 aromatic rings. The van der Waals surface area contributed by atoms with E-state index in [1.54, 1.807) is 5.32 Å². The van der Waals surface area contributed by atoms with Crippen LogP contribution in [0.25, 0.3) is 0 Å². The molecule has 29 heavy (non-hydrogen) atoms. The van der Waals surface area contributed by atoms with E-state index in [1.807, 2.05) is 0 Å². The first-order valence-electron chi connectivity index (χ1n) is 8.31. The number of rotatable bonds is 11. The van der Waals surface area contributed by atoms with Gasteiger partial charge >= 0.3 is 23.9 Å². The molecule has 0 saturated heterocycles. The molecule has 0 unspecified atom stereocenters. The molecule has 0 aromatic heterocycles. The summed E-state index contributed by atoms with van der Waals surface area (Å²) >= 11 is 0. The molecule has 13 heteroatoms. The number of ether oxygens (including phenoxy) is 3. The van der Waals surface area contributed by atoms with Crippen LogP contribution < -0.4 is 10.1 Å². The van der Waals surface area contributed by atoms with Gasteiger partial charge in [-0.1, -0.05) is 12.1 Å². The van der Waals surface area contributed by atoms with Crippen molar-refractivity contribution in [2.24, 2.45) is 10.2 Å². The zero-order valence-electron chi connectivity index (χ0n) is 14.8. The van der Waals surface area contributed by atoms with Crippen LogP contribution in [-0.4, -0.2) is 57.8 Å². The number of alkyl halides is 6. The molecule has 0 atom stereocenters. The van der Waals surface area contributed by atoms with Gasteiger partial charge in [-0.25, -0.2) is 0 Å². The number of amides is 1. The normalized spacial score (nSPS) is 15.2. The van der Waals surface area contributed by atoms with Crippen molar-refractivity contribution in [1.82, 2.24) is 5.32 Å². The first-order chi connectivity index (χ1) is 13.6. The van der Waals surface area contributed by atoms with Crippen LogP contribution in [0.15, 0.2) is 34.5 Å². The Morgan fingerprint density at radius 1 is 0.966 bits per heavy atom. The average molecular weight is 429 g/mol. The highest BCUT2D eigenvalue weighted by molar-refractivity contribution is 5.81. The van der Waals surface area contributed by atoms with E-state index in [1.165, 1.54) is 24.3 Å². The molecule has 0 saturated carbocycles. The van der Waals surface area contributed by atoms with Crippen molar-refractivity contribution in [3.63, 3.8) is 0 Å². The zero-order chi connectivity index (χ0) is 21.5. The van der Waals surface area contributed by atoms with Gasteiger partial charge in [0.1, 0.15) is 12.4 Å². The van der Waals surface area contributed by atoms with Gasteiger partial charge in [-0.2, -0.15) is 26.3 Å². The minimum absolute atomic E-state index is 0.0540. The standard InChI is InChI=1S/C16H17F6N3O4/c17-15(18,19)13(26)23-4-5-27-6-7-28-8-9-29-12-3-1-2-11(10-12)14(24-25-14)16(20,21)22/h1-3,10H,4-9H2,(H,23,26). The lowest BCUT2D eigenvalue weighted by Gasteiger charge is -2.15.